The van der Waals surface area contributed by atoms with Crippen molar-refractivity contribution in [1.82, 2.24) is 4.98 Å². The Bertz CT molecular complexity index is 392. The molecule has 86 valence electrons. The van der Waals surface area contributed by atoms with E-state index in [0.717, 1.165) is 11.8 Å². The molecule has 1 aromatic heterocycles. The van der Waals surface area contributed by atoms with Gasteiger partial charge >= 0.3 is 0 Å². The minimum absolute atomic E-state index is 0.162. The fourth-order valence-corrected chi connectivity index (χ4v) is 5.31. The van der Waals surface area contributed by atoms with E-state index in [1.165, 1.54) is 44.2 Å². The smallest absolute Gasteiger partial charge is 0.0210 e. The molecule has 4 saturated carbocycles. The molecule has 0 radical (unpaired) electrons. The van der Waals surface area contributed by atoms with Gasteiger partial charge in [-0.05, 0) is 62.5 Å². The van der Waals surface area contributed by atoms with E-state index in [1.54, 1.807) is 0 Å². The SMILES string of the molecule is NC12CC3CC(C1)CC(c1ccc[nH]1)(C3)C2. The van der Waals surface area contributed by atoms with Crippen LogP contribution >= 0.6 is 0 Å². The number of nitrogens with two attached hydrogens (primary N) is 1. The fourth-order valence-electron chi connectivity index (χ4n) is 5.31. The summed E-state index contributed by atoms with van der Waals surface area (Å²) in [6.07, 6.45) is 10.1. The van der Waals surface area contributed by atoms with E-state index in [2.05, 4.69) is 23.3 Å². The minimum atomic E-state index is 0.162. The third-order valence-corrected chi connectivity index (χ3v) is 5.28. The molecular formula is C14H20N2. The average molecular weight is 216 g/mol. The lowest BCUT2D eigenvalue weighted by atomic mass is 9.46. The minimum Gasteiger partial charge on any atom is -0.365 e. The monoisotopic (exact) mass is 216 g/mol. The van der Waals surface area contributed by atoms with Crippen LogP contribution in [-0.2, 0) is 5.41 Å². The third-order valence-electron chi connectivity index (χ3n) is 5.28. The maximum Gasteiger partial charge on any atom is 0.0210 e. The lowest BCUT2D eigenvalue weighted by Crippen LogP contribution is -2.61. The Morgan fingerprint density at radius 3 is 2.50 bits per heavy atom. The first-order valence-electron chi connectivity index (χ1n) is 6.60. The van der Waals surface area contributed by atoms with Crippen molar-refractivity contribution >= 4 is 0 Å². The molecule has 4 fully saturated rings. The second-order valence-corrected chi connectivity index (χ2v) is 6.69. The van der Waals surface area contributed by atoms with Gasteiger partial charge in [0.05, 0.1) is 0 Å². The lowest BCUT2D eigenvalue weighted by molar-refractivity contribution is -0.0243. The van der Waals surface area contributed by atoms with Gasteiger partial charge < -0.3 is 10.7 Å². The molecular weight excluding hydrogens is 196 g/mol. The van der Waals surface area contributed by atoms with Gasteiger partial charge in [0, 0.05) is 22.8 Å². The molecule has 1 heterocycles. The lowest BCUT2D eigenvalue weighted by Gasteiger charge is -2.60. The van der Waals surface area contributed by atoms with Crippen LogP contribution in [0, 0.1) is 11.8 Å². The second-order valence-electron chi connectivity index (χ2n) is 6.69. The number of rotatable bonds is 1. The molecule has 5 rings (SSSR count). The maximum atomic E-state index is 6.60. The zero-order valence-electron chi connectivity index (χ0n) is 9.71. The number of hydrogen-bond acceptors (Lipinski definition) is 1. The molecule has 4 bridgehead atoms. The van der Waals surface area contributed by atoms with Crippen molar-refractivity contribution in [2.24, 2.45) is 17.6 Å². The van der Waals surface area contributed by atoms with Crippen molar-refractivity contribution in [3.05, 3.63) is 24.0 Å². The molecule has 0 saturated heterocycles. The predicted octanol–water partition coefficient (Wildman–Crippen LogP) is 2.56. The molecule has 2 nitrogen and oxygen atoms in total. The van der Waals surface area contributed by atoms with E-state index in [0.29, 0.717) is 5.41 Å². The van der Waals surface area contributed by atoms with Crippen molar-refractivity contribution in [3.63, 3.8) is 0 Å². The summed E-state index contributed by atoms with van der Waals surface area (Å²) < 4.78 is 0. The quantitative estimate of drug-likeness (QED) is 0.744. The maximum absolute atomic E-state index is 6.60. The zero-order chi connectivity index (χ0) is 10.8. The fraction of sp³-hybridized carbons (Fsp3) is 0.714. The van der Waals surface area contributed by atoms with Crippen molar-refractivity contribution in [1.29, 1.82) is 0 Å². The Labute approximate surface area is 96.6 Å². The van der Waals surface area contributed by atoms with E-state index in [9.17, 15) is 0 Å². The summed E-state index contributed by atoms with van der Waals surface area (Å²) in [6.45, 7) is 0. The Morgan fingerprint density at radius 2 is 1.94 bits per heavy atom. The van der Waals surface area contributed by atoms with Crippen molar-refractivity contribution in [3.8, 4) is 0 Å². The first-order valence-corrected chi connectivity index (χ1v) is 6.60. The van der Waals surface area contributed by atoms with Gasteiger partial charge in [0.1, 0.15) is 0 Å². The number of hydrogen-bond donors (Lipinski definition) is 2. The van der Waals surface area contributed by atoms with Crippen LogP contribution in [0.3, 0.4) is 0 Å². The van der Waals surface area contributed by atoms with Gasteiger partial charge in [0.25, 0.3) is 0 Å². The molecule has 16 heavy (non-hydrogen) atoms. The van der Waals surface area contributed by atoms with Crippen LogP contribution in [0.15, 0.2) is 18.3 Å². The number of nitrogens with one attached hydrogen (secondary N) is 1. The highest BCUT2D eigenvalue weighted by molar-refractivity contribution is 5.26. The number of aromatic amines is 1. The van der Waals surface area contributed by atoms with Crippen LogP contribution in [-0.4, -0.2) is 10.5 Å². The van der Waals surface area contributed by atoms with Crippen molar-refractivity contribution < 1.29 is 0 Å². The van der Waals surface area contributed by atoms with Gasteiger partial charge in [-0.3, -0.25) is 0 Å². The molecule has 0 aromatic carbocycles. The summed E-state index contributed by atoms with van der Waals surface area (Å²) >= 11 is 0. The molecule has 0 amide bonds. The standard InChI is InChI=1S/C14H20N2/c15-14-7-10-4-11(8-14)6-13(5-10,9-14)12-2-1-3-16-12/h1-3,10-11,16H,4-9,15H2. The van der Waals surface area contributed by atoms with E-state index < -0.39 is 0 Å². The summed E-state index contributed by atoms with van der Waals surface area (Å²) in [4.78, 5) is 3.46. The van der Waals surface area contributed by atoms with Gasteiger partial charge in [-0.25, -0.2) is 0 Å². The molecule has 0 spiro atoms. The van der Waals surface area contributed by atoms with Crippen LogP contribution in [0.5, 0.6) is 0 Å². The summed E-state index contributed by atoms with van der Waals surface area (Å²) in [7, 11) is 0. The largest absolute Gasteiger partial charge is 0.365 e. The zero-order valence-corrected chi connectivity index (χ0v) is 9.71. The van der Waals surface area contributed by atoms with Gasteiger partial charge in [-0.1, -0.05) is 0 Å². The Balaban J connectivity index is 1.80. The van der Waals surface area contributed by atoms with Gasteiger partial charge in [0.15, 0.2) is 0 Å². The van der Waals surface area contributed by atoms with Crippen LogP contribution in [0.1, 0.15) is 44.2 Å². The molecule has 2 unspecified atom stereocenters. The van der Waals surface area contributed by atoms with Crippen LogP contribution in [0.2, 0.25) is 0 Å². The van der Waals surface area contributed by atoms with E-state index in [-0.39, 0.29) is 5.54 Å². The number of H-pyrrole nitrogens is 1. The molecule has 4 aliphatic rings. The summed E-state index contributed by atoms with van der Waals surface area (Å²) in [5.74, 6) is 1.80. The van der Waals surface area contributed by atoms with Gasteiger partial charge in [-0.15, -0.1) is 0 Å². The second kappa shape index (κ2) is 2.73. The topological polar surface area (TPSA) is 41.8 Å². The predicted molar refractivity (Wildman–Crippen MR) is 64.1 cm³/mol. The van der Waals surface area contributed by atoms with E-state index >= 15 is 0 Å². The van der Waals surface area contributed by atoms with Gasteiger partial charge in [0.2, 0.25) is 0 Å². The summed E-state index contributed by atoms with van der Waals surface area (Å²) in [5, 5.41) is 0. The first kappa shape index (κ1) is 9.29. The number of aromatic nitrogens is 1. The molecule has 2 atom stereocenters. The van der Waals surface area contributed by atoms with E-state index in [1.807, 2.05) is 0 Å². The highest BCUT2D eigenvalue weighted by Crippen LogP contribution is 2.61. The molecule has 1 aromatic rings. The van der Waals surface area contributed by atoms with Crippen LogP contribution in [0.25, 0.3) is 0 Å². The van der Waals surface area contributed by atoms with Crippen LogP contribution < -0.4 is 5.73 Å². The first-order chi connectivity index (χ1) is 7.68. The van der Waals surface area contributed by atoms with Crippen LogP contribution in [0.4, 0.5) is 0 Å². The Kier molecular flexibility index (Phi) is 1.58. The van der Waals surface area contributed by atoms with Crippen molar-refractivity contribution in [2.45, 2.75) is 49.5 Å². The highest BCUT2D eigenvalue weighted by atomic mass is 14.8. The Morgan fingerprint density at radius 1 is 1.19 bits per heavy atom. The normalized spacial score (nSPS) is 49.8. The average Bonchev–Trinajstić information content (AvgIpc) is 2.65. The summed E-state index contributed by atoms with van der Waals surface area (Å²) in [5.41, 5.74) is 8.62. The highest BCUT2D eigenvalue weighted by Gasteiger charge is 2.57. The van der Waals surface area contributed by atoms with Crippen molar-refractivity contribution in [2.75, 3.05) is 0 Å². The Hall–Kier alpha value is -0.760. The van der Waals surface area contributed by atoms with E-state index in [4.69, 9.17) is 5.73 Å². The summed E-state index contributed by atoms with van der Waals surface area (Å²) in [6, 6.07) is 4.41. The molecule has 4 aliphatic carbocycles. The molecule has 3 N–H and O–H groups in total. The third kappa shape index (κ3) is 1.11. The molecule has 0 aliphatic heterocycles. The van der Waals surface area contributed by atoms with Gasteiger partial charge in [-0.2, -0.15) is 0 Å². The molecule has 2 heteroatoms.